The molecule has 29 heavy (non-hydrogen) atoms. The fourth-order valence-electron chi connectivity index (χ4n) is 3.16. The van der Waals surface area contributed by atoms with Crippen LogP contribution in [0.1, 0.15) is 26.0 Å². The number of hydrogen-bond donors (Lipinski definition) is 0. The summed E-state index contributed by atoms with van der Waals surface area (Å²) in [6, 6.07) is 12.5. The average Bonchev–Trinajstić information content (AvgIpc) is 2.72. The lowest BCUT2D eigenvalue weighted by molar-refractivity contribution is -0.384. The Balaban J connectivity index is 2.12. The Bertz CT molecular complexity index is 1080. The van der Waals surface area contributed by atoms with Crippen molar-refractivity contribution >= 4 is 22.4 Å². The predicted molar refractivity (Wildman–Crippen MR) is 110 cm³/mol. The molecule has 1 aromatic heterocycles. The fraction of sp³-hybridized carbons (Fsp3) is 0.273. The van der Waals surface area contributed by atoms with Crippen molar-refractivity contribution in [1.29, 1.82) is 0 Å². The van der Waals surface area contributed by atoms with Gasteiger partial charge in [-0.15, -0.1) is 0 Å². The van der Waals surface area contributed by atoms with Crippen molar-refractivity contribution in [2.75, 3.05) is 7.05 Å². The van der Waals surface area contributed by atoms with E-state index >= 15 is 0 Å². The minimum absolute atomic E-state index is 0.0416. The van der Waals surface area contributed by atoms with Crippen LogP contribution in [0.4, 0.5) is 10.1 Å². The summed E-state index contributed by atoms with van der Waals surface area (Å²) in [5.74, 6) is -0.693. The maximum absolute atomic E-state index is 14.6. The number of hydrogen-bond acceptors (Lipinski definition) is 4. The van der Waals surface area contributed by atoms with Crippen molar-refractivity contribution in [2.24, 2.45) is 0 Å². The summed E-state index contributed by atoms with van der Waals surface area (Å²) in [6.45, 7) is 3.97. The molecule has 0 N–H and O–H groups in total. The van der Waals surface area contributed by atoms with Crippen LogP contribution in [0.25, 0.3) is 22.0 Å². The fourth-order valence-corrected chi connectivity index (χ4v) is 3.16. The molecule has 0 bridgehead atoms. The van der Waals surface area contributed by atoms with E-state index in [1.807, 2.05) is 26.0 Å². The Kier molecular flexibility index (Phi) is 5.87. The molecule has 3 aromatic rings. The third-order valence-electron chi connectivity index (χ3n) is 5.19. The van der Waals surface area contributed by atoms with Gasteiger partial charge in [0.15, 0.2) is 0 Å². The number of non-ortho nitro benzene ring substituents is 1. The summed E-state index contributed by atoms with van der Waals surface area (Å²) < 4.78 is 14.6. The number of likely N-dealkylation sites (N-methyl/N-ethyl adjacent to an activating group) is 1. The molecule has 0 aliphatic rings. The molecule has 1 unspecified atom stereocenters. The van der Waals surface area contributed by atoms with E-state index < -0.39 is 10.7 Å². The van der Waals surface area contributed by atoms with Crippen LogP contribution in [0.2, 0.25) is 0 Å². The van der Waals surface area contributed by atoms with Crippen molar-refractivity contribution in [1.82, 2.24) is 9.88 Å². The van der Waals surface area contributed by atoms with Crippen LogP contribution in [0.3, 0.4) is 0 Å². The van der Waals surface area contributed by atoms with Gasteiger partial charge < -0.3 is 4.90 Å². The Morgan fingerprint density at radius 1 is 1.24 bits per heavy atom. The molecule has 0 aliphatic heterocycles. The number of nitro benzene ring substituents is 1. The third kappa shape index (κ3) is 4.23. The summed E-state index contributed by atoms with van der Waals surface area (Å²) in [6.07, 6.45) is 0.896. The lowest BCUT2D eigenvalue weighted by atomic mass is 10.0. The number of amides is 1. The average molecular weight is 395 g/mol. The van der Waals surface area contributed by atoms with Crippen molar-refractivity contribution in [3.63, 3.8) is 0 Å². The number of pyridine rings is 1. The quantitative estimate of drug-likeness (QED) is 0.446. The number of rotatable bonds is 6. The van der Waals surface area contributed by atoms with Crippen molar-refractivity contribution in [3.05, 3.63) is 70.2 Å². The largest absolute Gasteiger partial charge is 0.343 e. The molecule has 7 heteroatoms. The highest BCUT2D eigenvalue weighted by Gasteiger charge is 2.19. The number of carbonyl (C=O) groups is 1. The second kappa shape index (κ2) is 8.34. The van der Waals surface area contributed by atoms with E-state index in [0.29, 0.717) is 16.8 Å². The molecule has 0 saturated carbocycles. The minimum Gasteiger partial charge on any atom is -0.343 e. The summed E-state index contributed by atoms with van der Waals surface area (Å²) in [4.78, 5) is 29.4. The molecule has 6 nitrogen and oxygen atoms in total. The van der Waals surface area contributed by atoms with Crippen LogP contribution >= 0.6 is 0 Å². The maximum Gasteiger partial charge on any atom is 0.270 e. The predicted octanol–water partition coefficient (Wildman–Crippen LogP) is 4.75. The van der Waals surface area contributed by atoms with E-state index in [1.165, 1.54) is 6.07 Å². The summed E-state index contributed by atoms with van der Waals surface area (Å²) >= 11 is 0. The first-order valence-corrected chi connectivity index (χ1v) is 9.40. The van der Waals surface area contributed by atoms with Crippen LogP contribution in [-0.4, -0.2) is 33.8 Å². The smallest absolute Gasteiger partial charge is 0.270 e. The number of fused-ring (bicyclic) bond motifs is 1. The van der Waals surface area contributed by atoms with Crippen LogP contribution < -0.4 is 0 Å². The highest BCUT2D eigenvalue weighted by molar-refractivity contribution is 5.95. The third-order valence-corrected chi connectivity index (χ3v) is 5.19. The van der Waals surface area contributed by atoms with Gasteiger partial charge >= 0.3 is 0 Å². The number of nitro groups is 1. The van der Waals surface area contributed by atoms with Gasteiger partial charge in [-0.3, -0.25) is 19.9 Å². The van der Waals surface area contributed by atoms with Gasteiger partial charge in [-0.2, -0.15) is 0 Å². The summed E-state index contributed by atoms with van der Waals surface area (Å²) in [5, 5.41) is 12.6. The first-order chi connectivity index (χ1) is 13.8. The first kappa shape index (κ1) is 20.4. The van der Waals surface area contributed by atoms with Crippen LogP contribution in [0, 0.1) is 15.9 Å². The van der Waals surface area contributed by atoms with Gasteiger partial charge in [0.05, 0.1) is 22.7 Å². The standard InChI is InChI=1S/C22H22FN3O3/c1-4-14(2)25(3)21(27)12-16-11-15-7-5-6-8-18(15)22(24-16)19-13-17(26(28)29)9-10-20(19)23/h5-11,13-14H,4,12H2,1-3H3. The van der Waals surface area contributed by atoms with Gasteiger partial charge in [-0.05, 0) is 30.9 Å². The van der Waals surface area contributed by atoms with Gasteiger partial charge in [-0.25, -0.2) is 4.39 Å². The summed E-state index contributed by atoms with van der Waals surface area (Å²) in [7, 11) is 1.75. The Morgan fingerprint density at radius 2 is 1.97 bits per heavy atom. The molecule has 0 radical (unpaired) electrons. The van der Waals surface area contributed by atoms with E-state index in [4.69, 9.17) is 0 Å². The monoisotopic (exact) mass is 395 g/mol. The van der Waals surface area contributed by atoms with Gasteiger partial charge in [0.25, 0.3) is 5.69 Å². The van der Waals surface area contributed by atoms with Gasteiger partial charge in [0.2, 0.25) is 5.91 Å². The maximum atomic E-state index is 14.6. The highest BCUT2D eigenvalue weighted by atomic mass is 19.1. The molecule has 2 aromatic carbocycles. The SMILES string of the molecule is CCC(C)N(C)C(=O)Cc1cc2ccccc2c(-c2cc([N+](=O)[O-])ccc2F)n1. The van der Waals surface area contributed by atoms with E-state index in [9.17, 15) is 19.3 Å². The molecule has 150 valence electrons. The molecule has 1 atom stereocenters. The summed E-state index contributed by atoms with van der Waals surface area (Å²) in [5.41, 5.74) is 0.605. The number of nitrogens with zero attached hydrogens (tertiary/aromatic N) is 3. The molecule has 3 rings (SSSR count). The van der Waals surface area contributed by atoms with E-state index in [0.717, 1.165) is 23.9 Å². The van der Waals surface area contributed by atoms with Gasteiger partial charge in [0, 0.05) is 36.2 Å². The Morgan fingerprint density at radius 3 is 2.66 bits per heavy atom. The lowest BCUT2D eigenvalue weighted by Crippen LogP contribution is -2.35. The van der Waals surface area contributed by atoms with Crippen LogP contribution in [0.15, 0.2) is 48.5 Å². The Hall–Kier alpha value is -3.35. The first-order valence-electron chi connectivity index (χ1n) is 9.40. The van der Waals surface area contributed by atoms with Crippen LogP contribution in [0.5, 0.6) is 0 Å². The number of benzene rings is 2. The van der Waals surface area contributed by atoms with Crippen LogP contribution in [-0.2, 0) is 11.2 Å². The van der Waals surface area contributed by atoms with E-state index in [-0.39, 0.29) is 29.6 Å². The lowest BCUT2D eigenvalue weighted by Gasteiger charge is -2.23. The van der Waals surface area contributed by atoms with Gasteiger partial charge in [0.1, 0.15) is 5.82 Å². The Labute approximate surface area is 168 Å². The van der Waals surface area contributed by atoms with Crippen molar-refractivity contribution in [3.8, 4) is 11.3 Å². The normalized spacial score (nSPS) is 12.0. The second-order valence-electron chi connectivity index (χ2n) is 7.04. The number of aromatic nitrogens is 1. The van der Waals surface area contributed by atoms with Gasteiger partial charge in [-0.1, -0.05) is 31.2 Å². The molecule has 1 amide bonds. The highest BCUT2D eigenvalue weighted by Crippen LogP contribution is 2.32. The minimum atomic E-state index is -0.603. The zero-order valence-electron chi connectivity index (χ0n) is 16.6. The number of halogens is 1. The zero-order valence-corrected chi connectivity index (χ0v) is 16.6. The molecule has 1 heterocycles. The topological polar surface area (TPSA) is 76.3 Å². The molecular formula is C22H22FN3O3. The van der Waals surface area contributed by atoms with Crippen molar-refractivity contribution < 1.29 is 14.1 Å². The molecule has 0 saturated heterocycles. The second-order valence-corrected chi connectivity index (χ2v) is 7.04. The van der Waals surface area contributed by atoms with E-state index in [2.05, 4.69) is 4.98 Å². The van der Waals surface area contributed by atoms with E-state index in [1.54, 1.807) is 30.1 Å². The number of carbonyl (C=O) groups excluding carboxylic acids is 1. The molecule has 0 aliphatic carbocycles. The molecule has 0 spiro atoms. The zero-order chi connectivity index (χ0) is 21.1. The van der Waals surface area contributed by atoms with Crippen molar-refractivity contribution in [2.45, 2.75) is 32.7 Å². The molecule has 0 fully saturated rings. The molecular weight excluding hydrogens is 373 g/mol.